The minimum Gasteiger partial charge on any atom is -0.315 e. The third-order valence-corrected chi connectivity index (χ3v) is 7.42. The van der Waals surface area contributed by atoms with Crippen molar-refractivity contribution < 1.29 is 16.8 Å². The Bertz CT molecular complexity index is 739. The first-order chi connectivity index (χ1) is 11.3. The molecular formula is C15H25N3O4S2. The second-order valence-electron chi connectivity index (χ2n) is 5.97. The molecule has 2 N–H and O–H groups in total. The van der Waals surface area contributed by atoms with Gasteiger partial charge < -0.3 is 5.32 Å². The van der Waals surface area contributed by atoms with Crippen LogP contribution in [-0.4, -0.2) is 53.1 Å². The smallest absolute Gasteiger partial charge is 0.243 e. The number of nitrogens with one attached hydrogen (secondary N) is 2. The molecule has 0 aromatic heterocycles. The molecule has 7 nitrogen and oxygen atoms in total. The van der Waals surface area contributed by atoms with E-state index in [-0.39, 0.29) is 16.7 Å². The second-order valence-corrected chi connectivity index (χ2v) is 9.81. The molecule has 24 heavy (non-hydrogen) atoms. The summed E-state index contributed by atoms with van der Waals surface area (Å²) in [4.78, 5) is 0.161. The van der Waals surface area contributed by atoms with Crippen LogP contribution in [-0.2, 0) is 20.0 Å². The predicted octanol–water partition coefficient (Wildman–Crippen LogP) is 1.21. The number of benzene rings is 1. The Labute approximate surface area is 144 Å². The summed E-state index contributed by atoms with van der Waals surface area (Å²) in [6, 6.07) is 5.79. The van der Waals surface area contributed by atoms with Gasteiger partial charge in [0.1, 0.15) is 0 Å². The Hall–Kier alpha value is -1.16. The van der Waals surface area contributed by atoms with Crippen LogP contribution in [0.5, 0.6) is 0 Å². The van der Waals surface area contributed by atoms with Crippen molar-refractivity contribution in [1.82, 2.24) is 9.62 Å². The number of nitrogens with zero attached hydrogens (tertiary/aromatic N) is 1. The van der Waals surface area contributed by atoms with Gasteiger partial charge in [-0.2, -0.15) is 4.31 Å². The van der Waals surface area contributed by atoms with E-state index in [9.17, 15) is 16.8 Å². The molecule has 136 valence electrons. The van der Waals surface area contributed by atoms with E-state index >= 15 is 0 Å². The second kappa shape index (κ2) is 7.81. The van der Waals surface area contributed by atoms with E-state index in [1.807, 2.05) is 6.92 Å². The molecule has 0 bridgehead atoms. The molecule has 1 aliphatic rings. The molecule has 9 heteroatoms. The standard InChI is InChI=1S/C15H25N3O4S2/c1-3-4-11-23(19,20)17-13-5-7-15(8-6-13)24(21,22)18(2)14-9-10-16-12-14/h5-8,14,16-17H,3-4,9-12H2,1-2H3. The van der Waals surface area contributed by atoms with Crippen molar-refractivity contribution in [3.63, 3.8) is 0 Å². The van der Waals surface area contributed by atoms with Crippen molar-refractivity contribution in [1.29, 1.82) is 0 Å². The summed E-state index contributed by atoms with van der Waals surface area (Å²) in [6.07, 6.45) is 2.16. The van der Waals surface area contributed by atoms with Crippen molar-refractivity contribution in [2.45, 2.75) is 37.1 Å². The van der Waals surface area contributed by atoms with Crippen LogP contribution in [0.2, 0.25) is 0 Å². The number of likely N-dealkylation sites (N-methyl/N-ethyl adjacent to an activating group) is 1. The Kier molecular flexibility index (Phi) is 6.24. The van der Waals surface area contributed by atoms with E-state index in [0.717, 1.165) is 19.4 Å². The van der Waals surface area contributed by atoms with Crippen LogP contribution >= 0.6 is 0 Å². The van der Waals surface area contributed by atoms with Gasteiger partial charge in [0.25, 0.3) is 0 Å². The first-order valence-corrected chi connectivity index (χ1v) is 11.1. The summed E-state index contributed by atoms with van der Waals surface area (Å²) in [6.45, 7) is 3.37. The first kappa shape index (κ1) is 19.2. The number of hydrogen-bond acceptors (Lipinski definition) is 5. The summed E-state index contributed by atoms with van der Waals surface area (Å²) >= 11 is 0. The van der Waals surface area contributed by atoms with Crippen molar-refractivity contribution in [3.05, 3.63) is 24.3 Å². The normalized spacial score (nSPS) is 18.9. The lowest BCUT2D eigenvalue weighted by Gasteiger charge is -2.23. The van der Waals surface area contributed by atoms with E-state index in [1.165, 1.54) is 28.6 Å². The Morgan fingerprint density at radius 2 is 1.88 bits per heavy atom. The van der Waals surface area contributed by atoms with Gasteiger partial charge in [0.2, 0.25) is 20.0 Å². The number of sulfonamides is 2. The Morgan fingerprint density at radius 1 is 1.21 bits per heavy atom. The zero-order valence-corrected chi connectivity index (χ0v) is 15.7. The fourth-order valence-corrected chi connectivity index (χ4v) is 5.22. The minimum absolute atomic E-state index is 0.0535. The first-order valence-electron chi connectivity index (χ1n) is 8.05. The summed E-state index contributed by atoms with van der Waals surface area (Å²) in [7, 11) is -5.40. The molecule has 0 radical (unpaired) electrons. The average Bonchev–Trinajstić information content (AvgIpc) is 3.06. The fourth-order valence-electron chi connectivity index (χ4n) is 2.57. The van der Waals surface area contributed by atoms with Crippen LogP contribution in [0.3, 0.4) is 0 Å². The largest absolute Gasteiger partial charge is 0.315 e. The quantitative estimate of drug-likeness (QED) is 0.712. The number of hydrogen-bond donors (Lipinski definition) is 2. The van der Waals surface area contributed by atoms with E-state index in [4.69, 9.17) is 0 Å². The number of unbranched alkanes of at least 4 members (excludes halogenated alkanes) is 1. The Balaban J connectivity index is 2.10. The maximum atomic E-state index is 12.6. The van der Waals surface area contributed by atoms with E-state index in [2.05, 4.69) is 10.0 Å². The monoisotopic (exact) mass is 375 g/mol. The lowest BCUT2D eigenvalue weighted by Crippen LogP contribution is -2.38. The van der Waals surface area contributed by atoms with Gasteiger partial charge in [-0.1, -0.05) is 13.3 Å². The van der Waals surface area contributed by atoms with Crippen molar-refractivity contribution in [2.75, 3.05) is 30.6 Å². The molecule has 1 aliphatic heterocycles. The third-order valence-electron chi connectivity index (χ3n) is 4.12. The van der Waals surface area contributed by atoms with Crippen LogP contribution in [0.1, 0.15) is 26.2 Å². The average molecular weight is 376 g/mol. The Morgan fingerprint density at radius 3 is 2.42 bits per heavy atom. The van der Waals surface area contributed by atoms with Crippen LogP contribution in [0.15, 0.2) is 29.2 Å². The molecule has 1 aromatic rings. The molecule has 0 aliphatic carbocycles. The minimum atomic E-state index is -3.58. The molecular weight excluding hydrogens is 350 g/mol. The van der Waals surface area contributed by atoms with Crippen molar-refractivity contribution >= 4 is 25.7 Å². The number of rotatable bonds is 8. The van der Waals surface area contributed by atoms with Crippen LogP contribution in [0.4, 0.5) is 5.69 Å². The maximum absolute atomic E-state index is 12.6. The summed E-state index contributed by atoms with van der Waals surface area (Å²) in [5.41, 5.74) is 0.371. The fraction of sp³-hybridized carbons (Fsp3) is 0.600. The highest BCUT2D eigenvalue weighted by molar-refractivity contribution is 7.92. The van der Waals surface area contributed by atoms with E-state index in [1.54, 1.807) is 7.05 Å². The summed E-state index contributed by atoms with van der Waals surface area (Å²) in [5.74, 6) is 0.0565. The van der Waals surface area contributed by atoms with Gasteiger partial charge in [-0.3, -0.25) is 4.72 Å². The lowest BCUT2D eigenvalue weighted by atomic mass is 10.3. The highest BCUT2D eigenvalue weighted by atomic mass is 32.2. The molecule has 1 unspecified atom stereocenters. The van der Waals surface area contributed by atoms with E-state index < -0.39 is 20.0 Å². The molecule has 0 amide bonds. The summed E-state index contributed by atoms with van der Waals surface area (Å²) in [5, 5.41) is 3.15. The molecule has 0 spiro atoms. The van der Waals surface area contributed by atoms with Crippen LogP contribution in [0, 0.1) is 0 Å². The van der Waals surface area contributed by atoms with Gasteiger partial charge in [0, 0.05) is 25.3 Å². The lowest BCUT2D eigenvalue weighted by molar-refractivity contribution is 0.388. The van der Waals surface area contributed by atoms with Crippen LogP contribution < -0.4 is 10.0 Å². The summed E-state index contributed by atoms with van der Waals surface area (Å²) < 4.78 is 52.8. The zero-order chi connectivity index (χ0) is 17.8. The maximum Gasteiger partial charge on any atom is 0.243 e. The molecule has 1 aromatic carbocycles. The SMILES string of the molecule is CCCCS(=O)(=O)Nc1ccc(S(=O)(=O)N(C)C2CCNC2)cc1. The molecule has 1 saturated heterocycles. The molecule has 1 atom stereocenters. The van der Waals surface area contributed by atoms with Gasteiger partial charge >= 0.3 is 0 Å². The zero-order valence-electron chi connectivity index (χ0n) is 14.0. The van der Waals surface area contributed by atoms with Gasteiger partial charge in [-0.05, 0) is 43.7 Å². The van der Waals surface area contributed by atoms with Gasteiger partial charge in [-0.25, -0.2) is 16.8 Å². The van der Waals surface area contributed by atoms with E-state index in [0.29, 0.717) is 18.7 Å². The predicted molar refractivity (Wildman–Crippen MR) is 95.0 cm³/mol. The number of anilines is 1. The highest BCUT2D eigenvalue weighted by Crippen LogP contribution is 2.21. The van der Waals surface area contributed by atoms with Gasteiger partial charge in [-0.15, -0.1) is 0 Å². The third kappa shape index (κ3) is 4.69. The molecule has 1 heterocycles. The molecule has 1 fully saturated rings. The topological polar surface area (TPSA) is 95.6 Å². The highest BCUT2D eigenvalue weighted by Gasteiger charge is 2.29. The van der Waals surface area contributed by atoms with Gasteiger partial charge in [0.05, 0.1) is 10.6 Å². The molecule has 2 rings (SSSR count). The van der Waals surface area contributed by atoms with Gasteiger partial charge in [0.15, 0.2) is 0 Å². The molecule has 0 saturated carbocycles. The van der Waals surface area contributed by atoms with Crippen molar-refractivity contribution in [2.24, 2.45) is 0 Å². The van der Waals surface area contributed by atoms with Crippen LogP contribution in [0.25, 0.3) is 0 Å². The van der Waals surface area contributed by atoms with Crippen molar-refractivity contribution in [3.8, 4) is 0 Å².